The summed E-state index contributed by atoms with van der Waals surface area (Å²) in [6.45, 7) is 1.91. The van der Waals surface area contributed by atoms with Gasteiger partial charge in [-0.25, -0.2) is 0 Å². The van der Waals surface area contributed by atoms with E-state index in [0.717, 1.165) is 19.3 Å². The van der Waals surface area contributed by atoms with Crippen molar-refractivity contribution in [1.82, 2.24) is 9.80 Å². The lowest BCUT2D eigenvalue weighted by Crippen LogP contribution is -2.42. The normalized spacial score (nSPS) is 26.2. The summed E-state index contributed by atoms with van der Waals surface area (Å²) in [5.41, 5.74) is 0. The number of rotatable bonds is 2. The molecule has 17 heavy (non-hydrogen) atoms. The maximum atomic E-state index is 11.9. The van der Waals surface area contributed by atoms with Crippen LogP contribution in [0.25, 0.3) is 0 Å². The average Bonchev–Trinajstić information content (AvgIpc) is 2.63. The van der Waals surface area contributed by atoms with E-state index in [4.69, 9.17) is 0 Å². The topological polar surface area (TPSA) is 60.9 Å². The van der Waals surface area contributed by atoms with Gasteiger partial charge >= 0.3 is 0 Å². The highest BCUT2D eigenvalue weighted by Gasteiger charge is 2.27. The first-order valence-corrected chi connectivity index (χ1v) is 6.40. The molecule has 0 aliphatic carbocycles. The molecule has 2 aliphatic heterocycles. The number of nitrogens with zero attached hydrogens (tertiary/aromatic N) is 2. The van der Waals surface area contributed by atoms with Crippen molar-refractivity contribution in [3.63, 3.8) is 0 Å². The van der Waals surface area contributed by atoms with Crippen molar-refractivity contribution in [2.24, 2.45) is 0 Å². The smallest absolute Gasteiger partial charge is 0.242 e. The summed E-state index contributed by atoms with van der Waals surface area (Å²) in [7, 11) is 0. The third-order valence-corrected chi connectivity index (χ3v) is 3.51. The fraction of sp³-hybridized carbons (Fsp3) is 0.833. The minimum absolute atomic E-state index is 0.0307. The average molecular weight is 240 g/mol. The van der Waals surface area contributed by atoms with E-state index in [0.29, 0.717) is 32.5 Å². The molecule has 0 spiro atoms. The van der Waals surface area contributed by atoms with Crippen molar-refractivity contribution in [3.8, 4) is 0 Å². The van der Waals surface area contributed by atoms with Crippen molar-refractivity contribution in [1.29, 1.82) is 0 Å². The van der Waals surface area contributed by atoms with Crippen LogP contribution in [0.5, 0.6) is 0 Å². The maximum absolute atomic E-state index is 11.9. The Morgan fingerprint density at radius 2 is 2.12 bits per heavy atom. The Balaban J connectivity index is 1.86. The molecule has 0 saturated carbocycles. The van der Waals surface area contributed by atoms with Gasteiger partial charge in [0.25, 0.3) is 0 Å². The summed E-state index contributed by atoms with van der Waals surface area (Å²) >= 11 is 0. The quantitative estimate of drug-likeness (QED) is 0.738. The number of aliphatic hydroxyl groups excluding tert-OH is 1. The Morgan fingerprint density at radius 1 is 1.29 bits per heavy atom. The molecule has 0 aromatic rings. The molecule has 2 fully saturated rings. The second kappa shape index (κ2) is 5.49. The van der Waals surface area contributed by atoms with Gasteiger partial charge in [-0.1, -0.05) is 6.42 Å². The third kappa shape index (κ3) is 3.19. The number of likely N-dealkylation sites (tertiary alicyclic amines) is 2. The number of hydrogen-bond acceptors (Lipinski definition) is 3. The molecule has 5 heteroatoms. The lowest BCUT2D eigenvalue weighted by atomic mass is 10.2. The van der Waals surface area contributed by atoms with Crippen molar-refractivity contribution in [3.05, 3.63) is 0 Å². The predicted molar refractivity (Wildman–Crippen MR) is 62.3 cm³/mol. The molecule has 0 radical (unpaired) electrons. The zero-order valence-corrected chi connectivity index (χ0v) is 10.1. The fourth-order valence-corrected chi connectivity index (χ4v) is 2.44. The molecule has 96 valence electrons. The fourth-order valence-electron chi connectivity index (χ4n) is 2.44. The number of carbonyl (C=O) groups is 2. The van der Waals surface area contributed by atoms with Gasteiger partial charge in [-0.05, 0) is 19.3 Å². The van der Waals surface area contributed by atoms with Gasteiger partial charge in [-0.3, -0.25) is 9.59 Å². The second-order valence-electron chi connectivity index (χ2n) is 4.91. The van der Waals surface area contributed by atoms with Crippen LogP contribution in [-0.4, -0.2) is 59.0 Å². The van der Waals surface area contributed by atoms with Gasteiger partial charge in [-0.2, -0.15) is 0 Å². The van der Waals surface area contributed by atoms with Crippen LogP contribution in [0.3, 0.4) is 0 Å². The molecule has 0 unspecified atom stereocenters. The third-order valence-electron chi connectivity index (χ3n) is 3.51. The zero-order valence-electron chi connectivity index (χ0n) is 10.1. The van der Waals surface area contributed by atoms with Gasteiger partial charge in [0.1, 0.15) is 0 Å². The molecule has 2 heterocycles. The Bertz CT molecular complexity index is 306. The summed E-state index contributed by atoms with van der Waals surface area (Å²) < 4.78 is 0. The van der Waals surface area contributed by atoms with Crippen LogP contribution in [0.1, 0.15) is 32.1 Å². The number of hydrogen-bond donors (Lipinski definition) is 1. The highest BCUT2D eigenvalue weighted by Crippen LogP contribution is 2.13. The Hall–Kier alpha value is -1.10. The first kappa shape index (κ1) is 12.4. The SMILES string of the molecule is O=C1CCCCCN1CC(=O)N1CC[C@@H](O)C1. The summed E-state index contributed by atoms with van der Waals surface area (Å²) in [4.78, 5) is 27.0. The Kier molecular flexibility index (Phi) is 3.99. The van der Waals surface area contributed by atoms with Crippen molar-refractivity contribution in [2.75, 3.05) is 26.2 Å². The van der Waals surface area contributed by atoms with E-state index in [9.17, 15) is 14.7 Å². The minimum Gasteiger partial charge on any atom is -0.391 e. The van der Waals surface area contributed by atoms with Crippen LogP contribution in [-0.2, 0) is 9.59 Å². The lowest BCUT2D eigenvalue weighted by molar-refractivity contribution is -0.139. The van der Waals surface area contributed by atoms with Crippen LogP contribution in [0.2, 0.25) is 0 Å². The molecule has 2 amide bonds. The summed E-state index contributed by atoms with van der Waals surface area (Å²) in [5, 5.41) is 9.38. The van der Waals surface area contributed by atoms with Gasteiger partial charge < -0.3 is 14.9 Å². The lowest BCUT2D eigenvalue weighted by Gasteiger charge is -2.23. The summed E-state index contributed by atoms with van der Waals surface area (Å²) in [6, 6.07) is 0. The van der Waals surface area contributed by atoms with Crippen molar-refractivity contribution >= 4 is 11.8 Å². The van der Waals surface area contributed by atoms with E-state index in [1.54, 1.807) is 9.80 Å². The zero-order chi connectivity index (χ0) is 12.3. The molecule has 1 N–H and O–H groups in total. The van der Waals surface area contributed by atoms with Crippen LogP contribution in [0.4, 0.5) is 0 Å². The van der Waals surface area contributed by atoms with Gasteiger partial charge in [0.15, 0.2) is 0 Å². The molecule has 0 aromatic carbocycles. The highest BCUT2D eigenvalue weighted by atomic mass is 16.3. The maximum Gasteiger partial charge on any atom is 0.242 e. The van der Waals surface area contributed by atoms with E-state index < -0.39 is 6.10 Å². The molecule has 1 atom stereocenters. The van der Waals surface area contributed by atoms with E-state index in [1.165, 1.54) is 0 Å². The molecule has 5 nitrogen and oxygen atoms in total. The van der Waals surface area contributed by atoms with Crippen molar-refractivity contribution in [2.45, 2.75) is 38.2 Å². The Morgan fingerprint density at radius 3 is 2.82 bits per heavy atom. The molecule has 0 bridgehead atoms. The standard InChI is InChI=1S/C12H20N2O3/c15-10-5-7-14(8-10)12(17)9-13-6-3-1-2-4-11(13)16/h10,15H,1-9H2/t10-/m1/s1. The van der Waals surface area contributed by atoms with E-state index >= 15 is 0 Å². The summed E-state index contributed by atoms with van der Waals surface area (Å²) in [6.07, 6.45) is 3.82. The molecule has 2 saturated heterocycles. The van der Waals surface area contributed by atoms with Crippen LogP contribution < -0.4 is 0 Å². The van der Waals surface area contributed by atoms with Crippen LogP contribution >= 0.6 is 0 Å². The second-order valence-corrected chi connectivity index (χ2v) is 4.91. The summed E-state index contributed by atoms with van der Waals surface area (Å²) in [5.74, 6) is 0.0624. The molecular formula is C12H20N2O3. The van der Waals surface area contributed by atoms with Gasteiger partial charge in [0.05, 0.1) is 12.6 Å². The number of amides is 2. The van der Waals surface area contributed by atoms with Crippen LogP contribution in [0.15, 0.2) is 0 Å². The van der Waals surface area contributed by atoms with Gasteiger partial charge in [-0.15, -0.1) is 0 Å². The predicted octanol–water partition coefficient (Wildman–Crippen LogP) is -0.0178. The van der Waals surface area contributed by atoms with Crippen molar-refractivity contribution < 1.29 is 14.7 Å². The van der Waals surface area contributed by atoms with Crippen LogP contribution in [0, 0.1) is 0 Å². The molecular weight excluding hydrogens is 220 g/mol. The number of carbonyl (C=O) groups excluding carboxylic acids is 2. The minimum atomic E-state index is -0.390. The van der Waals surface area contributed by atoms with Gasteiger partial charge in [0.2, 0.25) is 11.8 Å². The first-order valence-electron chi connectivity index (χ1n) is 6.40. The molecule has 2 rings (SSSR count). The largest absolute Gasteiger partial charge is 0.391 e. The molecule has 0 aromatic heterocycles. The Labute approximate surface area is 101 Å². The molecule has 2 aliphatic rings. The number of aliphatic hydroxyl groups is 1. The van der Waals surface area contributed by atoms with E-state index in [-0.39, 0.29) is 18.4 Å². The van der Waals surface area contributed by atoms with Gasteiger partial charge in [0, 0.05) is 26.1 Å². The first-order chi connectivity index (χ1) is 8.16. The highest BCUT2D eigenvalue weighted by molar-refractivity contribution is 5.85. The monoisotopic (exact) mass is 240 g/mol. The van der Waals surface area contributed by atoms with E-state index in [1.807, 2.05) is 0 Å². The number of β-amino-alcohol motifs (C(OH)–C–C–N with tert-alkyl or cyclic N) is 1. The van der Waals surface area contributed by atoms with E-state index in [2.05, 4.69) is 0 Å².